The van der Waals surface area contributed by atoms with E-state index in [0.29, 0.717) is 0 Å². The lowest BCUT2D eigenvalue weighted by Gasteiger charge is -2.19. The fraction of sp³-hybridized carbons (Fsp3) is 0.417. The second-order valence-corrected chi connectivity index (χ2v) is 3.73. The summed E-state index contributed by atoms with van der Waals surface area (Å²) in [5, 5.41) is 38.4. The number of rotatable bonds is 5. The van der Waals surface area contributed by atoms with Crippen molar-refractivity contribution in [2.24, 2.45) is 0 Å². The summed E-state index contributed by atoms with van der Waals surface area (Å²) in [5.74, 6) is -1.38. The molecule has 6 heteroatoms. The van der Waals surface area contributed by atoms with E-state index in [-0.39, 0.29) is 23.7 Å². The Labute approximate surface area is 104 Å². The monoisotopic (exact) mass is 256 g/mol. The number of carbonyl (C=O) groups excluding carboxylic acids is 1. The van der Waals surface area contributed by atoms with Crippen LogP contribution in [0.4, 0.5) is 0 Å². The summed E-state index contributed by atoms with van der Waals surface area (Å²) in [6.07, 6.45) is -3.47. The van der Waals surface area contributed by atoms with Crippen LogP contribution >= 0.6 is 0 Å². The number of esters is 1. The molecular weight excluding hydrogens is 240 g/mol. The van der Waals surface area contributed by atoms with Gasteiger partial charge in [-0.05, 0) is 19.1 Å². The largest absolute Gasteiger partial charge is 0.507 e. The van der Waals surface area contributed by atoms with Crippen molar-refractivity contribution >= 4 is 5.97 Å². The van der Waals surface area contributed by atoms with Crippen LogP contribution in [-0.2, 0) is 9.53 Å². The van der Waals surface area contributed by atoms with Gasteiger partial charge < -0.3 is 25.2 Å². The van der Waals surface area contributed by atoms with Gasteiger partial charge in [0.05, 0.1) is 24.7 Å². The molecule has 0 aliphatic heterocycles. The lowest BCUT2D eigenvalue weighted by atomic mass is 10.0. The van der Waals surface area contributed by atoms with E-state index in [4.69, 9.17) is 0 Å². The maximum absolute atomic E-state index is 11.1. The van der Waals surface area contributed by atoms with Crippen LogP contribution in [0, 0.1) is 0 Å². The van der Waals surface area contributed by atoms with Gasteiger partial charge in [0.25, 0.3) is 0 Å². The van der Waals surface area contributed by atoms with E-state index in [0.717, 1.165) is 0 Å². The molecule has 4 N–H and O–H groups in total. The summed E-state index contributed by atoms with van der Waals surface area (Å²) in [5.41, 5.74) is -0.214. The van der Waals surface area contributed by atoms with E-state index in [1.807, 2.05) is 0 Å². The van der Waals surface area contributed by atoms with Crippen molar-refractivity contribution in [1.29, 1.82) is 0 Å². The highest BCUT2D eigenvalue weighted by Gasteiger charge is 2.26. The molecular formula is C12H16O6. The van der Waals surface area contributed by atoms with Crippen LogP contribution in [0.2, 0.25) is 0 Å². The minimum atomic E-state index is -1.57. The molecule has 1 aromatic rings. The first-order valence-corrected chi connectivity index (χ1v) is 5.50. The third-order valence-electron chi connectivity index (χ3n) is 2.40. The molecule has 0 spiro atoms. The van der Waals surface area contributed by atoms with Crippen LogP contribution in [0.3, 0.4) is 0 Å². The molecule has 0 amide bonds. The first-order valence-electron chi connectivity index (χ1n) is 5.50. The molecule has 0 saturated heterocycles. The molecule has 0 bridgehead atoms. The van der Waals surface area contributed by atoms with Crippen molar-refractivity contribution < 1.29 is 30.0 Å². The molecule has 1 aromatic carbocycles. The minimum Gasteiger partial charge on any atom is -0.507 e. The van der Waals surface area contributed by atoms with Gasteiger partial charge in [0, 0.05) is 0 Å². The zero-order valence-corrected chi connectivity index (χ0v) is 9.91. The molecule has 0 aromatic heterocycles. The summed E-state index contributed by atoms with van der Waals surface area (Å²) >= 11 is 0. The van der Waals surface area contributed by atoms with Crippen LogP contribution in [0.25, 0.3) is 0 Å². The predicted octanol–water partition coefficient (Wildman–Crippen LogP) is 0.445. The Balaban J connectivity index is 2.80. The number of aliphatic hydroxyl groups is 2. The second-order valence-electron chi connectivity index (χ2n) is 3.73. The van der Waals surface area contributed by atoms with Gasteiger partial charge in [0.2, 0.25) is 0 Å². The van der Waals surface area contributed by atoms with E-state index in [2.05, 4.69) is 4.74 Å². The van der Waals surface area contributed by atoms with Gasteiger partial charge in [0.15, 0.2) is 0 Å². The smallest absolute Gasteiger partial charge is 0.308 e. The molecule has 0 saturated carbocycles. The van der Waals surface area contributed by atoms with E-state index in [1.54, 1.807) is 6.92 Å². The van der Waals surface area contributed by atoms with Crippen molar-refractivity contribution in [2.45, 2.75) is 25.6 Å². The Morgan fingerprint density at radius 1 is 1.28 bits per heavy atom. The lowest BCUT2D eigenvalue weighted by molar-refractivity contribution is -0.147. The molecule has 0 fully saturated rings. The number of phenolic OH excluding ortho intramolecular Hbond substituents is 2. The molecule has 0 radical (unpaired) electrons. The normalized spacial score (nSPS) is 13.9. The molecule has 2 unspecified atom stereocenters. The van der Waals surface area contributed by atoms with Crippen molar-refractivity contribution in [3.05, 3.63) is 23.8 Å². The Bertz CT molecular complexity index is 397. The number of hydrogen-bond donors (Lipinski definition) is 4. The van der Waals surface area contributed by atoms with Crippen molar-refractivity contribution in [3.63, 3.8) is 0 Å². The summed E-state index contributed by atoms with van der Waals surface area (Å²) in [6, 6.07) is 3.91. The average Bonchev–Trinajstić information content (AvgIpc) is 2.28. The fourth-order valence-corrected chi connectivity index (χ4v) is 1.54. The number of aromatic hydroxyl groups is 2. The van der Waals surface area contributed by atoms with Gasteiger partial charge in [-0.3, -0.25) is 4.79 Å². The maximum atomic E-state index is 11.1. The van der Waals surface area contributed by atoms with E-state index in [9.17, 15) is 25.2 Å². The number of benzene rings is 1. The third-order valence-corrected chi connectivity index (χ3v) is 2.40. The Morgan fingerprint density at radius 3 is 2.33 bits per heavy atom. The third kappa shape index (κ3) is 3.35. The second kappa shape index (κ2) is 6.23. The highest BCUT2D eigenvalue weighted by atomic mass is 16.5. The number of ether oxygens (including phenoxy) is 1. The SMILES string of the molecule is CCOC(=O)CC(O)C(O)c1c(O)cccc1O. The molecule has 0 heterocycles. The average molecular weight is 256 g/mol. The molecule has 18 heavy (non-hydrogen) atoms. The summed E-state index contributed by atoms with van der Waals surface area (Å²) in [7, 11) is 0. The Hall–Kier alpha value is -1.79. The number of phenols is 2. The van der Waals surface area contributed by atoms with Gasteiger partial charge >= 0.3 is 5.97 Å². The number of hydrogen-bond acceptors (Lipinski definition) is 6. The van der Waals surface area contributed by atoms with Crippen LogP contribution in [-0.4, -0.2) is 39.1 Å². The van der Waals surface area contributed by atoms with E-state index >= 15 is 0 Å². The van der Waals surface area contributed by atoms with E-state index < -0.39 is 24.6 Å². The fourth-order valence-electron chi connectivity index (χ4n) is 1.54. The van der Waals surface area contributed by atoms with Crippen LogP contribution in [0.5, 0.6) is 11.5 Å². The first kappa shape index (κ1) is 14.3. The van der Waals surface area contributed by atoms with Crippen molar-refractivity contribution in [2.75, 3.05) is 6.61 Å². The molecule has 6 nitrogen and oxygen atoms in total. The van der Waals surface area contributed by atoms with Crippen LogP contribution < -0.4 is 0 Å². The van der Waals surface area contributed by atoms with Crippen LogP contribution in [0.1, 0.15) is 25.0 Å². The predicted molar refractivity (Wildman–Crippen MR) is 62.0 cm³/mol. The van der Waals surface area contributed by atoms with Gasteiger partial charge in [-0.25, -0.2) is 0 Å². The minimum absolute atomic E-state index is 0.170. The molecule has 0 aliphatic rings. The van der Waals surface area contributed by atoms with Crippen molar-refractivity contribution in [3.8, 4) is 11.5 Å². The topological polar surface area (TPSA) is 107 Å². The maximum Gasteiger partial charge on any atom is 0.308 e. The highest BCUT2D eigenvalue weighted by Crippen LogP contribution is 2.34. The summed E-state index contributed by atoms with van der Waals surface area (Å²) in [6.45, 7) is 1.79. The lowest BCUT2D eigenvalue weighted by Crippen LogP contribution is -2.23. The molecule has 1 rings (SSSR count). The number of carbonyl (C=O) groups is 1. The Kier molecular flexibility index (Phi) is 4.94. The quantitative estimate of drug-likeness (QED) is 0.570. The van der Waals surface area contributed by atoms with Gasteiger partial charge in [0.1, 0.15) is 17.6 Å². The highest BCUT2D eigenvalue weighted by molar-refractivity contribution is 5.70. The van der Waals surface area contributed by atoms with Crippen molar-refractivity contribution in [1.82, 2.24) is 0 Å². The first-order chi connectivity index (χ1) is 8.47. The zero-order chi connectivity index (χ0) is 13.7. The Morgan fingerprint density at radius 2 is 1.83 bits per heavy atom. The summed E-state index contributed by atoms with van der Waals surface area (Å²) < 4.78 is 4.62. The number of aliphatic hydroxyl groups excluding tert-OH is 2. The van der Waals surface area contributed by atoms with Gasteiger partial charge in [-0.2, -0.15) is 0 Å². The molecule has 2 atom stereocenters. The molecule has 0 aliphatic carbocycles. The van der Waals surface area contributed by atoms with E-state index in [1.165, 1.54) is 18.2 Å². The van der Waals surface area contributed by atoms with Crippen LogP contribution in [0.15, 0.2) is 18.2 Å². The van der Waals surface area contributed by atoms with Gasteiger partial charge in [-0.15, -0.1) is 0 Å². The zero-order valence-electron chi connectivity index (χ0n) is 9.91. The summed E-state index contributed by atoms with van der Waals surface area (Å²) in [4.78, 5) is 11.1. The molecule has 100 valence electrons. The standard InChI is InChI=1S/C12H16O6/c1-2-18-10(16)6-9(15)12(17)11-7(13)4-3-5-8(11)14/h3-5,9,12-15,17H,2,6H2,1H3. The van der Waals surface area contributed by atoms with Gasteiger partial charge in [-0.1, -0.05) is 6.07 Å².